The van der Waals surface area contributed by atoms with Gasteiger partial charge in [0, 0.05) is 18.7 Å². The molecule has 25 heavy (non-hydrogen) atoms. The van der Waals surface area contributed by atoms with Crippen LogP contribution in [-0.4, -0.2) is 58.4 Å². The van der Waals surface area contributed by atoms with Gasteiger partial charge in [0.2, 0.25) is 5.75 Å². The van der Waals surface area contributed by atoms with Crippen LogP contribution in [0.5, 0.6) is 17.2 Å². The first kappa shape index (κ1) is 19.2. The van der Waals surface area contributed by atoms with Gasteiger partial charge in [0.25, 0.3) is 0 Å². The fourth-order valence-electron chi connectivity index (χ4n) is 3.00. The molecule has 0 aromatic heterocycles. The van der Waals surface area contributed by atoms with Crippen LogP contribution in [0.3, 0.4) is 0 Å². The van der Waals surface area contributed by atoms with Crippen LogP contribution < -0.4 is 24.8 Å². The summed E-state index contributed by atoms with van der Waals surface area (Å²) in [6.45, 7) is 4.21. The number of nitrogens with zero attached hydrogens (tertiary/aromatic N) is 1. The van der Waals surface area contributed by atoms with Gasteiger partial charge in [0.1, 0.15) is 0 Å². The zero-order chi connectivity index (χ0) is 18.1. The van der Waals surface area contributed by atoms with Crippen LogP contribution in [0.2, 0.25) is 0 Å². The third-order valence-electron chi connectivity index (χ3n) is 4.31. The Morgan fingerprint density at radius 1 is 1.04 bits per heavy atom. The summed E-state index contributed by atoms with van der Waals surface area (Å²) in [6.07, 6.45) is 4.70. The summed E-state index contributed by atoms with van der Waals surface area (Å²) in [6, 6.07) is 3.17. The van der Waals surface area contributed by atoms with E-state index in [0.717, 1.165) is 19.4 Å². The molecule has 0 radical (unpaired) electrons. The number of carbonyl (C=O) groups excluding carboxylic acids is 1. The lowest BCUT2D eigenvalue weighted by molar-refractivity contribution is 0.251. The molecule has 7 heteroatoms. The molecule has 0 aliphatic carbocycles. The van der Waals surface area contributed by atoms with Crippen molar-refractivity contribution in [1.29, 1.82) is 0 Å². The predicted octanol–water partition coefficient (Wildman–Crippen LogP) is 2.71. The van der Waals surface area contributed by atoms with Crippen LogP contribution in [0.25, 0.3) is 0 Å². The number of amides is 2. The van der Waals surface area contributed by atoms with Gasteiger partial charge in [-0.15, -0.1) is 0 Å². The van der Waals surface area contributed by atoms with Gasteiger partial charge in [-0.3, -0.25) is 0 Å². The minimum absolute atomic E-state index is 0.240. The van der Waals surface area contributed by atoms with E-state index in [1.807, 2.05) is 0 Å². The van der Waals surface area contributed by atoms with E-state index in [1.54, 1.807) is 33.5 Å². The molecule has 1 aliphatic rings. The average molecular weight is 351 g/mol. The lowest BCUT2D eigenvalue weighted by atomic mass is 10.2. The van der Waals surface area contributed by atoms with Gasteiger partial charge in [-0.05, 0) is 45.3 Å². The summed E-state index contributed by atoms with van der Waals surface area (Å²) in [5, 5.41) is 5.68. The van der Waals surface area contributed by atoms with Crippen molar-refractivity contribution in [3.8, 4) is 17.2 Å². The Morgan fingerprint density at radius 3 is 2.24 bits per heavy atom. The Bertz CT molecular complexity index is 534. The number of hydrogen-bond donors (Lipinski definition) is 2. The molecule has 7 nitrogen and oxygen atoms in total. The molecular weight excluding hydrogens is 322 g/mol. The Morgan fingerprint density at radius 2 is 1.68 bits per heavy atom. The second-order valence-corrected chi connectivity index (χ2v) is 6.05. The number of urea groups is 1. The maximum atomic E-state index is 12.0. The van der Waals surface area contributed by atoms with Crippen LogP contribution >= 0.6 is 0 Å². The van der Waals surface area contributed by atoms with E-state index in [0.29, 0.717) is 29.5 Å². The van der Waals surface area contributed by atoms with Crippen molar-refractivity contribution in [2.24, 2.45) is 0 Å². The first-order chi connectivity index (χ1) is 12.2. The number of carbonyl (C=O) groups is 1. The Kier molecular flexibility index (Phi) is 7.66. The van der Waals surface area contributed by atoms with Crippen molar-refractivity contribution in [2.45, 2.75) is 25.7 Å². The van der Waals surface area contributed by atoms with Gasteiger partial charge in [-0.2, -0.15) is 0 Å². The summed E-state index contributed by atoms with van der Waals surface area (Å²) < 4.78 is 15.8. The molecule has 2 amide bonds. The molecule has 1 aliphatic heterocycles. The van der Waals surface area contributed by atoms with E-state index in [4.69, 9.17) is 14.2 Å². The molecule has 1 heterocycles. The van der Waals surface area contributed by atoms with Gasteiger partial charge >= 0.3 is 6.03 Å². The van der Waals surface area contributed by atoms with Gasteiger partial charge in [0.05, 0.1) is 27.0 Å². The Hall–Kier alpha value is -2.15. The molecule has 0 bridgehead atoms. The maximum absolute atomic E-state index is 12.0. The summed E-state index contributed by atoms with van der Waals surface area (Å²) in [5.74, 6) is 1.50. The van der Waals surface area contributed by atoms with Crippen molar-refractivity contribution >= 4 is 11.7 Å². The smallest absolute Gasteiger partial charge is 0.319 e. The Balaban J connectivity index is 1.77. The SMILES string of the molecule is COc1cc(NC(=O)NCCCCN2CCCC2)cc(OC)c1OC. The number of anilines is 1. The maximum Gasteiger partial charge on any atom is 0.319 e. The molecule has 140 valence electrons. The van der Waals surface area contributed by atoms with Crippen LogP contribution in [0.1, 0.15) is 25.7 Å². The number of hydrogen-bond acceptors (Lipinski definition) is 5. The number of methoxy groups -OCH3 is 3. The highest BCUT2D eigenvalue weighted by Gasteiger charge is 2.14. The largest absolute Gasteiger partial charge is 0.493 e. The molecular formula is C18H29N3O4. The third kappa shape index (κ3) is 5.70. The minimum atomic E-state index is -0.240. The average Bonchev–Trinajstić information content (AvgIpc) is 3.13. The zero-order valence-electron chi connectivity index (χ0n) is 15.4. The number of ether oxygens (including phenoxy) is 3. The highest BCUT2D eigenvalue weighted by molar-refractivity contribution is 5.90. The topological polar surface area (TPSA) is 72.1 Å². The summed E-state index contributed by atoms with van der Waals surface area (Å²) >= 11 is 0. The number of rotatable bonds is 9. The predicted molar refractivity (Wildman–Crippen MR) is 98.0 cm³/mol. The molecule has 2 N–H and O–H groups in total. The summed E-state index contributed by atoms with van der Waals surface area (Å²) in [5.41, 5.74) is 0.587. The van der Waals surface area contributed by atoms with E-state index in [9.17, 15) is 4.79 Å². The van der Waals surface area contributed by atoms with Gasteiger partial charge in [-0.1, -0.05) is 0 Å². The van der Waals surface area contributed by atoms with E-state index in [-0.39, 0.29) is 6.03 Å². The van der Waals surface area contributed by atoms with Gasteiger partial charge < -0.3 is 29.7 Å². The molecule has 0 spiro atoms. The fourth-order valence-corrected chi connectivity index (χ4v) is 3.00. The zero-order valence-corrected chi connectivity index (χ0v) is 15.4. The molecule has 1 aromatic carbocycles. The van der Waals surface area contributed by atoms with Crippen molar-refractivity contribution in [2.75, 3.05) is 52.8 Å². The van der Waals surface area contributed by atoms with Crippen LogP contribution in [0, 0.1) is 0 Å². The summed E-state index contributed by atoms with van der Waals surface area (Å²) in [4.78, 5) is 14.5. The van der Waals surface area contributed by atoms with E-state index in [1.165, 1.54) is 25.9 Å². The quantitative estimate of drug-likeness (QED) is 0.669. The molecule has 0 saturated carbocycles. The van der Waals surface area contributed by atoms with Crippen LogP contribution in [0.15, 0.2) is 12.1 Å². The molecule has 0 unspecified atom stereocenters. The van der Waals surface area contributed by atoms with E-state index in [2.05, 4.69) is 15.5 Å². The second-order valence-electron chi connectivity index (χ2n) is 6.05. The van der Waals surface area contributed by atoms with Gasteiger partial charge in [-0.25, -0.2) is 4.79 Å². The van der Waals surface area contributed by atoms with Crippen molar-refractivity contribution in [3.63, 3.8) is 0 Å². The fraction of sp³-hybridized carbons (Fsp3) is 0.611. The first-order valence-electron chi connectivity index (χ1n) is 8.75. The van der Waals surface area contributed by atoms with E-state index >= 15 is 0 Å². The highest BCUT2D eigenvalue weighted by atomic mass is 16.5. The van der Waals surface area contributed by atoms with Crippen LogP contribution in [0.4, 0.5) is 10.5 Å². The van der Waals surface area contributed by atoms with Crippen molar-refractivity contribution in [1.82, 2.24) is 10.2 Å². The summed E-state index contributed by atoms with van der Waals surface area (Å²) in [7, 11) is 4.63. The number of unbranched alkanes of at least 4 members (excludes halogenated alkanes) is 1. The van der Waals surface area contributed by atoms with Gasteiger partial charge in [0.15, 0.2) is 11.5 Å². The lowest BCUT2D eigenvalue weighted by Crippen LogP contribution is -2.30. The van der Waals surface area contributed by atoms with Crippen molar-refractivity contribution in [3.05, 3.63) is 12.1 Å². The molecule has 0 atom stereocenters. The highest BCUT2D eigenvalue weighted by Crippen LogP contribution is 2.39. The second kappa shape index (κ2) is 9.98. The first-order valence-corrected chi connectivity index (χ1v) is 8.75. The minimum Gasteiger partial charge on any atom is -0.493 e. The lowest BCUT2D eigenvalue weighted by Gasteiger charge is -2.15. The number of benzene rings is 1. The number of nitrogens with one attached hydrogen (secondary N) is 2. The third-order valence-corrected chi connectivity index (χ3v) is 4.31. The molecule has 1 saturated heterocycles. The van der Waals surface area contributed by atoms with Crippen molar-refractivity contribution < 1.29 is 19.0 Å². The molecule has 1 fully saturated rings. The molecule has 2 rings (SSSR count). The standard InChI is InChI=1S/C18H29N3O4/c1-23-15-12-14(13-16(24-2)17(15)25-3)20-18(22)19-8-4-5-9-21-10-6-7-11-21/h12-13H,4-11H2,1-3H3,(H2,19,20,22). The number of likely N-dealkylation sites (tertiary alicyclic amines) is 1. The van der Waals surface area contributed by atoms with E-state index < -0.39 is 0 Å². The Labute approximate surface area is 149 Å². The molecule has 1 aromatic rings. The normalized spacial score (nSPS) is 14.2. The van der Waals surface area contributed by atoms with Crippen LogP contribution in [-0.2, 0) is 0 Å². The monoisotopic (exact) mass is 351 g/mol.